The minimum Gasteiger partial charge on any atom is -1.00 e. The summed E-state index contributed by atoms with van der Waals surface area (Å²) in [6.07, 6.45) is 0. The summed E-state index contributed by atoms with van der Waals surface area (Å²) in [5, 5.41) is 0. The Bertz CT molecular complexity index is 24.5. The van der Waals surface area contributed by atoms with E-state index in [1.54, 1.807) is 0 Å². The van der Waals surface area contributed by atoms with Gasteiger partial charge in [-0.15, -0.1) is 0 Å². The molecule has 0 spiro atoms. The average Bonchev–Trinajstić information content (AvgIpc) is 1.50. The molecule has 2 unspecified atom stereocenters. The first-order chi connectivity index (χ1) is 2.00. The monoisotopic (exact) mass is 230 g/mol. The summed E-state index contributed by atoms with van der Waals surface area (Å²) in [6.45, 7) is 9.00. The Kier molecular flexibility index (Phi) is 2230. The molecule has 0 N–H and O–H groups in total. The number of hydrogen-bond donors (Lipinski definition) is 0. The van der Waals surface area contributed by atoms with Crippen LogP contribution in [-0.2, 0) is 29.1 Å². The van der Waals surface area contributed by atoms with Crippen molar-refractivity contribution >= 4 is 33.4 Å². The van der Waals surface area contributed by atoms with E-state index in [1.807, 2.05) is 0 Å². The van der Waals surface area contributed by atoms with Crippen molar-refractivity contribution < 1.29 is 33.3 Å². The fourth-order valence-corrected chi connectivity index (χ4v) is 0. The largest absolute Gasteiger partial charge is 3.00 e. The molecule has 0 rings (SSSR count). The zero-order chi connectivity index (χ0) is 4.00. The third-order valence-electron chi connectivity index (χ3n) is 0. The fourth-order valence-electron chi connectivity index (χ4n) is 0. The molecule has 0 bridgehead atoms. The van der Waals surface area contributed by atoms with Crippen LogP contribution in [0.3, 0.4) is 0 Å². The molecule has 0 aromatic heterocycles. The van der Waals surface area contributed by atoms with Crippen molar-refractivity contribution in [3.05, 3.63) is 0 Å². The van der Waals surface area contributed by atoms with E-state index in [1.165, 1.54) is 0 Å². The van der Waals surface area contributed by atoms with Crippen LogP contribution in [0.1, 0.15) is 4.28 Å². The molecule has 2 nitrogen and oxygen atoms in total. The van der Waals surface area contributed by atoms with E-state index in [2.05, 4.69) is 13.6 Å². The average molecular weight is 230 g/mol. The maximum Gasteiger partial charge on any atom is 3.00 e. The van der Waals surface area contributed by atoms with Crippen LogP contribution in [0.5, 0.6) is 0 Å². The smallest absolute Gasteiger partial charge is 1.00 e. The predicted octanol–water partition coefficient (Wildman–Crippen LogP) is -0.343. The first-order valence-electron chi connectivity index (χ1n) is 0.408. The molecule has 0 aliphatic heterocycles. The van der Waals surface area contributed by atoms with E-state index in [0.29, 0.717) is 0 Å². The van der Waals surface area contributed by atoms with Crippen molar-refractivity contribution in [1.29, 1.82) is 0 Å². The molecule has 0 amide bonds. The summed E-state index contributed by atoms with van der Waals surface area (Å²) in [5.74, 6) is 0. The number of carbonyl (C=O) groups excluding carboxylic acids is 2. The Balaban J connectivity index is -0.000000000833. The molecule has 7 heavy (non-hydrogen) atoms. The Morgan fingerprint density at radius 2 is 0.857 bits per heavy atom. The molecule has 0 aliphatic carbocycles. The summed E-state index contributed by atoms with van der Waals surface area (Å²) >= 11 is 0. The first kappa shape index (κ1) is 45.7. The molecule has 5 heteroatoms. The van der Waals surface area contributed by atoms with E-state index in [9.17, 15) is 0 Å². The van der Waals surface area contributed by atoms with Gasteiger partial charge in [-0.05, 0) is 0 Å². The second kappa shape index (κ2) is 341. The van der Waals surface area contributed by atoms with Gasteiger partial charge in [0.05, 0.1) is 0 Å². The summed E-state index contributed by atoms with van der Waals surface area (Å²) in [5.41, 5.74) is 0. The maximum absolute atomic E-state index is 7.50. The van der Waals surface area contributed by atoms with Gasteiger partial charge in [0, 0.05) is 0 Å². The van der Waals surface area contributed by atoms with Crippen molar-refractivity contribution in [1.82, 2.24) is 0 Å². The second-order valence-electron chi connectivity index (χ2n) is 0. The van der Waals surface area contributed by atoms with Gasteiger partial charge < -0.3 is 4.28 Å². The standard InChI is InChI=1S/2CO.2H3P.Rh.3H/c2*1-2;;;;;;/h;;2*1H3;;;;/q;;;;+3;3*-1. The number of rotatable bonds is 0. The molecular weight excluding hydrogens is 221 g/mol. The van der Waals surface area contributed by atoms with Crippen LogP contribution in [0.15, 0.2) is 0 Å². The molecule has 0 fully saturated rings. The topological polar surface area (TPSA) is 34.1 Å². The molecule has 48 valence electrons. The zero-order valence-electron chi connectivity index (χ0n) is 6.56. The molecule has 0 saturated carbocycles. The Labute approximate surface area is 67.3 Å². The summed E-state index contributed by atoms with van der Waals surface area (Å²) < 4.78 is 0. The normalized spacial score (nSPS) is 1.14. The third-order valence-corrected chi connectivity index (χ3v) is 0. The van der Waals surface area contributed by atoms with Gasteiger partial charge in [-0.2, -0.15) is 19.8 Å². The molecule has 0 aromatic rings. The van der Waals surface area contributed by atoms with Crippen molar-refractivity contribution in [2.24, 2.45) is 0 Å². The minimum absolute atomic E-state index is 0. The predicted molar refractivity (Wildman–Crippen MR) is 36.9 cm³/mol. The Morgan fingerprint density at radius 3 is 0.857 bits per heavy atom. The molecule has 0 saturated heterocycles. The zero-order valence-corrected chi connectivity index (χ0v) is 8.03. The van der Waals surface area contributed by atoms with Crippen LogP contribution in [0.4, 0.5) is 0 Å². The van der Waals surface area contributed by atoms with Crippen molar-refractivity contribution in [3.63, 3.8) is 0 Å². The van der Waals surface area contributed by atoms with Crippen molar-refractivity contribution in [3.8, 4) is 0 Å². The second-order valence-corrected chi connectivity index (χ2v) is 0. The van der Waals surface area contributed by atoms with Crippen LogP contribution in [0.2, 0.25) is 0 Å². The molecule has 0 aromatic carbocycles. The third kappa shape index (κ3) is 234. The van der Waals surface area contributed by atoms with Crippen LogP contribution < -0.4 is 0 Å². The van der Waals surface area contributed by atoms with Gasteiger partial charge >= 0.3 is 19.5 Å². The number of hydrogen-bond acceptors (Lipinski definition) is 2. The van der Waals surface area contributed by atoms with Gasteiger partial charge in [0.15, 0.2) is 0 Å². The Morgan fingerprint density at radius 1 is 0.857 bits per heavy atom. The van der Waals surface area contributed by atoms with E-state index in [-0.39, 0.29) is 43.6 Å². The molecule has 4 radical (unpaired) electrons. The molecular formula is C2H9O2P2Rh. The van der Waals surface area contributed by atoms with Crippen LogP contribution in [0.25, 0.3) is 0 Å². The van der Waals surface area contributed by atoms with Gasteiger partial charge in [-0.1, -0.05) is 0 Å². The van der Waals surface area contributed by atoms with E-state index >= 15 is 0 Å². The summed E-state index contributed by atoms with van der Waals surface area (Å²) in [6, 6.07) is 0. The van der Waals surface area contributed by atoms with Gasteiger partial charge in [-0.25, -0.2) is 0 Å². The summed E-state index contributed by atoms with van der Waals surface area (Å²) in [7, 11) is 0. The van der Waals surface area contributed by atoms with Crippen LogP contribution >= 0.6 is 19.8 Å². The van der Waals surface area contributed by atoms with Crippen LogP contribution in [-0.4, -0.2) is 13.6 Å². The Hall–Kier alpha value is 0.823. The van der Waals surface area contributed by atoms with Gasteiger partial charge in [0.2, 0.25) is 0 Å². The fraction of sp³-hybridized carbons (Fsp3) is 0. The van der Waals surface area contributed by atoms with Crippen molar-refractivity contribution in [2.45, 2.75) is 0 Å². The van der Waals surface area contributed by atoms with Crippen LogP contribution in [0, 0.1) is 0 Å². The van der Waals surface area contributed by atoms with Gasteiger partial charge in [-0.3, -0.25) is 9.59 Å². The van der Waals surface area contributed by atoms with Gasteiger partial charge in [0.1, 0.15) is 0 Å². The van der Waals surface area contributed by atoms with E-state index in [4.69, 9.17) is 9.59 Å². The quantitative estimate of drug-likeness (QED) is 0.421. The maximum atomic E-state index is 7.50. The van der Waals surface area contributed by atoms with E-state index < -0.39 is 0 Å². The molecule has 0 aliphatic rings. The molecule has 0 heterocycles. The summed E-state index contributed by atoms with van der Waals surface area (Å²) in [4.78, 5) is 15.0. The first-order valence-corrected chi connectivity index (χ1v) is 0.408. The SMILES string of the molecule is P.P.[C]=O.[C]=O.[H-].[H-].[H-].[Rh+3]. The van der Waals surface area contributed by atoms with Crippen molar-refractivity contribution in [2.75, 3.05) is 0 Å². The van der Waals surface area contributed by atoms with Gasteiger partial charge in [0.25, 0.3) is 13.6 Å². The molecule has 2 atom stereocenters. The minimum atomic E-state index is 0. The van der Waals surface area contributed by atoms with E-state index in [0.717, 1.165) is 0 Å².